The van der Waals surface area contributed by atoms with Crippen LogP contribution in [-0.4, -0.2) is 22.3 Å². The Morgan fingerprint density at radius 2 is 1.85 bits per heavy atom. The summed E-state index contributed by atoms with van der Waals surface area (Å²) in [6.07, 6.45) is 6.20. The fraction of sp³-hybridized carbons (Fsp3) is 0.182. The van der Waals surface area contributed by atoms with Crippen LogP contribution in [0.1, 0.15) is 32.2 Å². The Morgan fingerprint density at radius 3 is 2.54 bits per heavy atom. The average molecular weight is 360 g/mol. The van der Waals surface area contributed by atoms with E-state index in [0.717, 1.165) is 17.0 Å². The van der Waals surface area contributed by atoms with Crippen molar-refractivity contribution < 1.29 is 4.79 Å². The van der Waals surface area contributed by atoms with Gasteiger partial charge in [0, 0.05) is 18.3 Å². The van der Waals surface area contributed by atoms with Crippen LogP contribution >= 0.6 is 11.3 Å². The Kier molecular flexibility index (Phi) is 5.83. The highest BCUT2D eigenvalue weighted by Gasteiger charge is 2.18. The van der Waals surface area contributed by atoms with Gasteiger partial charge in [0.1, 0.15) is 5.69 Å². The number of carbonyl (C=O) groups excluding carboxylic acids is 1. The lowest BCUT2D eigenvalue weighted by molar-refractivity contribution is 0.0760. The maximum atomic E-state index is 12.8. The molecule has 1 amide bonds. The van der Waals surface area contributed by atoms with Crippen LogP contribution in [0.3, 0.4) is 0 Å². The third-order valence-electron chi connectivity index (χ3n) is 4.03. The van der Waals surface area contributed by atoms with Gasteiger partial charge in [0.25, 0.3) is 5.91 Å². The number of terminal acetylenes is 1. The van der Waals surface area contributed by atoms with Gasteiger partial charge in [0.2, 0.25) is 0 Å². The molecule has 0 aliphatic heterocycles. The molecule has 1 heterocycles. The highest BCUT2D eigenvalue weighted by atomic mass is 32.1. The lowest BCUT2D eigenvalue weighted by Crippen LogP contribution is -2.31. The summed E-state index contributed by atoms with van der Waals surface area (Å²) in [5.41, 5.74) is 3.89. The number of rotatable bonds is 6. The average Bonchev–Trinajstić information content (AvgIpc) is 3.12. The zero-order valence-electron chi connectivity index (χ0n) is 14.7. The summed E-state index contributed by atoms with van der Waals surface area (Å²) in [5.74, 6) is 2.45. The first-order valence-corrected chi connectivity index (χ1v) is 9.30. The Labute approximate surface area is 158 Å². The predicted octanol–water partition coefficient (Wildman–Crippen LogP) is 4.32. The number of benzene rings is 2. The van der Waals surface area contributed by atoms with E-state index in [9.17, 15) is 4.79 Å². The second-order valence-corrected chi connectivity index (χ2v) is 7.08. The van der Waals surface area contributed by atoms with Gasteiger partial charge in [-0.15, -0.1) is 17.8 Å². The molecule has 0 atom stereocenters. The molecular weight excluding hydrogens is 340 g/mol. The molecule has 4 heteroatoms. The van der Waals surface area contributed by atoms with E-state index >= 15 is 0 Å². The van der Waals surface area contributed by atoms with E-state index in [1.807, 2.05) is 54.8 Å². The van der Waals surface area contributed by atoms with Crippen LogP contribution in [0.25, 0.3) is 0 Å². The van der Waals surface area contributed by atoms with E-state index in [2.05, 4.69) is 23.0 Å². The van der Waals surface area contributed by atoms with Gasteiger partial charge < -0.3 is 4.90 Å². The van der Waals surface area contributed by atoms with Crippen molar-refractivity contribution in [3.63, 3.8) is 0 Å². The van der Waals surface area contributed by atoms with E-state index in [1.54, 1.807) is 4.90 Å². The molecule has 0 radical (unpaired) electrons. The number of amides is 1. The summed E-state index contributed by atoms with van der Waals surface area (Å²) in [4.78, 5) is 19.0. The zero-order valence-corrected chi connectivity index (χ0v) is 15.5. The maximum Gasteiger partial charge on any atom is 0.274 e. The molecule has 0 aliphatic rings. The first-order chi connectivity index (χ1) is 12.7. The van der Waals surface area contributed by atoms with Gasteiger partial charge in [-0.1, -0.05) is 66.1 Å². The molecule has 0 saturated heterocycles. The number of hydrogen-bond acceptors (Lipinski definition) is 3. The second kappa shape index (κ2) is 8.46. The van der Waals surface area contributed by atoms with Crippen LogP contribution in [0.5, 0.6) is 0 Å². The summed E-state index contributed by atoms with van der Waals surface area (Å²) >= 11 is 1.51. The van der Waals surface area contributed by atoms with Crippen LogP contribution in [0.15, 0.2) is 60.0 Å². The molecule has 130 valence electrons. The van der Waals surface area contributed by atoms with E-state index in [1.165, 1.54) is 22.5 Å². The van der Waals surface area contributed by atoms with Gasteiger partial charge in [-0.25, -0.2) is 4.98 Å². The Balaban J connectivity index is 1.73. The lowest BCUT2D eigenvalue weighted by Gasteiger charge is -2.19. The van der Waals surface area contributed by atoms with Crippen LogP contribution < -0.4 is 0 Å². The van der Waals surface area contributed by atoms with Crippen molar-refractivity contribution in [2.75, 3.05) is 6.54 Å². The number of aromatic nitrogens is 1. The predicted molar refractivity (Wildman–Crippen MR) is 106 cm³/mol. The Morgan fingerprint density at radius 1 is 1.12 bits per heavy atom. The smallest absolute Gasteiger partial charge is 0.274 e. The van der Waals surface area contributed by atoms with Gasteiger partial charge in [-0.2, -0.15) is 0 Å². The molecule has 2 aromatic carbocycles. The number of hydrogen-bond donors (Lipinski definition) is 0. The van der Waals surface area contributed by atoms with Gasteiger partial charge in [-0.3, -0.25) is 4.79 Å². The molecule has 0 aliphatic carbocycles. The zero-order chi connectivity index (χ0) is 18.4. The van der Waals surface area contributed by atoms with Crippen molar-refractivity contribution in [2.24, 2.45) is 0 Å². The number of nitrogens with zero attached hydrogens (tertiary/aromatic N) is 2. The van der Waals surface area contributed by atoms with Crippen molar-refractivity contribution in [3.8, 4) is 12.3 Å². The Hall–Kier alpha value is -2.90. The second-order valence-electron chi connectivity index (χ2n) is 6.14. The van der Waals surface area contributed by atoms with Crippen molar-refractivity contribution in [1.29, 1.82) is 0 Å². The van der Waals surface area contributed by atoms with Crippen molar-refractivity contribution >= 4 is 17.2 Å². The molecule has 0 saturated carbocycles. The molecule has 0 spiro atoms. The lowest BCUT2D eigenvalue weighted by atomic mass is 10.1. The summed E-state index contributed by atoms with van der Waals surface area (Å²) in [5, 5.41) is 2.75. The van der Waals surface area contributed by atoms with Crippen LogP contribution in [0, 0.1) is 19.3 Å². The van der Waals surface area contributed by atoms with E-state index in [0.29, 0.717) is 12.2 Å². The molecule has 1 aromatic heterocycles. The highest BCUT2D eigenvalue weighted by Crippen LogP contribution is 2.17. The first-order valence-electron chi connectivity index (χ1n) is 8.42. The first kappa shape index (κ1) is 17.9. The van der Waals surface area contributed by atoms with Crippen LogP contribution in [0.4, 0.5) is 0 Å². The summed E-state index contributed by atoms with van der Waals surface area (Å²) < 4.78 is 0. The minimum Gasteiger partial charge on any atom is -0.322 e. The molecule has 26 heavy (non-hydrogen) atoms. The normalized spacial score (nSPS) is 10.3. The Bertz CT molecular complexity index is 907. The largest absolute Gasteiger partial charge is 0.322 e. The molecule has 3 rings (SSSR count). The fourth-order valence-corrected chi connectivity index (χ4v) is 3.45. The van der Waals surface area contributed by atoms with Crippen molar-refractivity contribution in [3.05, 3.63) is 87.4 Å². The highest BCUT2D eigenvalue weighted by molar-refractivity contribution is 7.09. The summed E-state index contributed by atoms with van der Waals surface area (Å²) in [6, 6.07) is 18.2. The third-order valence-corrected chi connectivity index (χ3v) is 4.88. The van der Waals surface area contributed by atoms with Gasteiger partial charge in [0.15, 0.2) is 0 Å². The van der Waals surface area contributed by atoms with E-state index in [4.69, 9.17) is 6.42 Å². The minimum atomic E-state index is -0.126. The van der Waals surface area contributed by atoms with Crippen LogP contribution in [0.2, 0.25) is 0 Å². The summed E-state index contributed by atoms with van der Waals surface area (Å²) in [7, 11) is 0. The SMILES string of the molecule is C#CCN(Cc1ccc(C)cc1)C(=O)c1csc(Cc2ccccc2)n1. The van der Waals surface area contributed by atoms with E-state index in [-0.39, 0.29) is 12.5 Å². The third kappa shape index (κ3) is 4.59. The molecule has 0 unspecified atom stereocenters. The van der Waals surface area contributed by atoms with Crippen molar-refractivity contribution in [2.45, 2.75) is 19.9 Å². The van der Waals surface area contributed by atoms with Crippen LogP contribution in [-0.2, 0) is 13.0 Å². The minimum absolute atomic E-state index is 0.126. The molecule has 0 fully saturated rings. The number of carbonyl (C=O) groups is 1. The van der Waals surface area contributed by atoms with Crippen molar-refractivity contribution in [1.82, 2.24) is 9.88 Å². The molecule has 3 nitrogen and oxygen atoms in total. The van der Waals surface area contributed by atoms with Gasteiger partial charge in [0.05, 0.1) is 11.6 Å². The standard InChI is InChI=1S/C22H20N2OS/c1-3-13-24(15-19-11-9-17(2)10-12-19)22(25)20-16-26-21(23-20)14-18-7-5-4-6-8-18/h1,4-12,16H,13-15H2,2H3. The molecular formula is C22H20N2OS. The molecule has 0 bridgehead atoms. The topological polar surface area (TPSA) is 33.2 Å². The van der Waals surface area contributed by atoms with Gasteiger partial charge in [-0.05, 0) is 18.1 Å². The fourth-order valence-electron chi connectivity index (χ4n) is 2.65. The quantitative estimate of drug-likeness (QED) is 0.614. The monoisotopic (exact) mass is 360 g/mol. The summed E-state index contributed by atoms with van der Waals surface area (Å²) in [6.45, 7) is 2.78. The number of aryl methyl sites for hydroxylation is 1. The van der Waals surface area contributed by atoms with E-state index < -0.39 is 0 Å². The molecule has 0 N–H and O–H groups in total. The molecule has 3 aromatic rings. The maximum absolute atomic E-state index is 12.8. The van der Waals surface area contributed by atoms with Gasteiger partial charge >= 0.3 is 0 Å². The number of thiazole rings is 1.